The zero-order chi connectivity index (χ0) is 21.8. The van der Waals surface area contributed by atoms with E-state index in [1.807, 2.05) is 0 Å². The van der Waals surface area contributed by atoms with Crippen LogP contribution in [0.1, 0.15) is 27.1 Å². The van der Waals surface area contributed by atoms with Crippen molar-refractivity contribution in [3.63, 3.8) is 0 Å². The number of nitro benzene ring substituents is 1. The number of rotatable bonds is 6. The van der Waals surface area contributed by atoms with Gasteiger partial charge in [0.1, 0.15) is 13.0 Å². The maximum atomic E-state index is 12.4. The van der Waals surface area contributed by atoms with Crippen molar-refractivity contribution >= 4 is 40.7 Å². The Hall–Kier alpha value is -4.59. The first kappa shape index (κ1) is 20.2. The van der Waals surface area contributed by atoms with Crippen LogP contribution in [0.25, 0.3) is 0 Å². The van der Waals surface area contributed by atoms with Crippen LogP contribution in [0.5, 0.6) is 0 Å². The van der Waals surface area contributed by atoms with Crippen molar-refractivity contribution in [3.05, 3.63) is 63.7 Å². The fraction of sp³-hybridized carbons (Fsp3) is 0.105. The molecule has 1 aliphatic rings. The summed E-state index contributed by atoms with van der Waals surface area (Å²) in [6.07, 6.45) is -0.325. The molecule has 2 N–H and O–H groups in total. The fourth-order valence-corrected chi connectivity index (χ4v) is 2.83. The topological polar surface area (TPSA) is 163 Å². The van der Waals surface area contributed by atoms with E-state index in [9.17, 15) is 29.3 Å². The predicted octanol–water partition coefficient (Wildman–Crippen LogP) is 1.68. The molecule has 0 radical (unpaired) electrons. The number of carbonyl (C=O) groups is 4. The highest BCUT2D eigenvalue weighted by Crippen LogP contribution is 2.26. The van der Waals surface area contributed by atoms with Gasteiger partial charge in [-0.1, -0.05) is 6.07 Å². The average molecular weight is 407 g/mol. The number of hydrogen-bond donors (Lipinski definition) is 2. The van der Waals surface area contributed by atoms with Gasteiger partial charge in [-0.05, 0) is 24.3 Å². The third kappa shape index (κ3) is 4.12. The van der Waals surface area contributed by atoms with Crippen LogP contribution < -0.4 is 10.6 Å². The van der Waals surface area contributed by atoms with Crippen LogP contribution in [0, 0.1) is 21.4 Å². The quantitative estimate of drug-likeness (QED) is 0.418. The van der Waals surface area contributed by atoms with Gasteiger partial charge in [0.15, 0.2) is 0 Å². The number of nitriles is 1. The lowest BCUT2D eigenvalue weighted by atomic mass is 10.1. The molecule has 11 nitrogen and oxygen atoms in total. The third-order valence-corrected chi connectivity index (χ3v) is 4.14. The summed E-state index contributed by atoms with van der Waals surface area (Å²) < 4.78 is 0. The highest BCUT2D eigenvalue weighted by atomic mass is 16.6. The first-order chi connectivity index (χ1) is 14.3. The molecule has 4 amide bonds. The summed E-state index contributed by atoms with van der Waals surface area (Å²) in [5.74, 6) is -2.72. The van der Waals surface area contributed by atoms with Crippen molar-refractivity contribution in [3.8, 4) is 6.07 Å². The molecular weight excluding hydrogens is 394 g/mol. The predicted molar refractivity (Wildman–Crippen MR) is 102 cm³/mol. The first-order valence-electron chi connectivity index (χ1n) is 8.51. The van der Waals surface area contributed by atoms with Gasteiger partial charge in [0.2, 0.25) is 11.8 Å². The summed E-state index contributed by atoms with van der Waals surface area (Å²) in [6.45, 7) is -0.592. The molecule has 0 saturated heterocycles. The minimum atomic E-state index is -0.800. The smallest absolute Gasteiger partial charge is 0.270 e. The Morgan fingerprint density at radius 3 is 2.27 bits per heavy atom. The molecule has 0 saturated carbocycles. The number of nitrogens with one attached hydrogen (secondary N) is 2. The van der Waals surface area contributed by atoms with Gasteiger partial charge >= 0.3 is 0 Å². The van der Waals surface area contributed by atoms with E-state index in [1.54, 1.807) is 18.2 Å². The molecule has 3 rings (SSSR count). The lowest BCUT2D eigenvalue weighted by molar-refractivity contribution is -0.384. The highest BCUT2D eigenvalue weighted by molar-refractivity contribution is 6.23. The van der Waals surface area contributed by atoms with E-state index in [0.29, 0.717) is 16.3 Å². The zero-order valence-corrected chi connectivity index (χ0v) is 15.2. The number of hydrogen-bond acceptors (Lipinski definition) is 7. The summed E-state index contributed by atoms with van der Waals surface area (Å²) in [5.41, 5.74) is 0.157. The van der Waals surface area contributed by atoms with Gasteiger partial charge in [-0.25, -0.2) is 0 Å². The summed E-state index contributed by atoms with van der Waals surface area (Å²) in [6, 6.07) is 11.1. The van der Waals surface area contributed by atoms with E-state index < -0.39 is 35.1 Å². The molecule has 2 aromatic rings. The standard InChI is InChI=1S/C19H13N5O6/c20-7-6-16(25)21-11-2-1-3-12(8-11)22-17(26)10-23-18(27)14-5-4-13(24(29)30)9-15(14)19(23)28/h1-5,8-9H,6,10H2,(H,21,25)(H,22,26). The SMILES string of the molecule is N#CCC(=O)Nc1cccc(NC(=O)CN2C(=O)c3ccc([N+](=O)[O-])cc3C2=O)c1. The van der Waals surface area contributed by atoms with Gasteiger partial charge in [-0.2, -0.15) is 5.26 Å². The number of benzene rings is 2. The number of nitro groups is 1. The summed E-state index contributed by atoms with van der Waals surface area (Å²) in [4.78, 5) is 59.5. The van der Waals surface area contributed by atoms with Gasteiger partial charge in [-0.3, -0.25) is 34.2 Å². The Labute approximate surface area is 169 Å². The molecular formula is C19H13N5O6. The number of anilines is 2. The van der Waals surface area contributed by atoms with E-state index in [4.69, 9.17) is 5.26 Å². The summed E-state index contributed by atoms with van der Waals surface area (Å²) in [5, 5.41) is 24.4. The van der Waals surface area contributed by atoms with Crippen LogP contribution in [-0.2, 0) is 9.59 Å². The zero-order valence-electron chi connectivity index (χ0n) is 15.2. The van der Waals surface area contributed by atoms with E-state index in [2.05, 4.69) is 10.6 Å². The molecule has 150 valence electrons. The van der Waals surface area contributed by atoms with E-state index in [-0.39, 0.29) is 23.2 Å². The fourth-order valence-electron chi connectivity index (χ4n) is 2.83. The number of fused-ring (bicyclic) bond motifs is 1. The number of imide groups is 1. The van der Waals surface area contributed by atoms with Crippen molar-refractivity contribution in [1.29, 1.82) is 5.26 Å². The van der Waals surface area contributed by atoms with E-state index in [0.717, 1.165) is 12.1 Å². The number of carbonyl (C=O) groups excluding carboxylic acids is 4. The van der Waals surface area contributed by atoms with Crippen LogP contribution in [0.4, 0.5) is 17.1 Å². The van der Waals surface area contributed by atoms with Crippen molar-refractivity contribution in [2.75, 3.05) is 17.2 Å². The van der Waals surface area contributed by atoms with Crippen LogP contribution in [0.15, 0.2) is 42.5 Å². The second-order valence-corrected chi connectivity index (χ2v) is 6.20. The molecule has 0 spiro atoms. The Kier molecular flexibility index (Phi) is 5.50. The maximum Gasteiger partial charge on any atom is 0.270 e. The average Bonchev–Trinajstić information content (AvgIpc) is 2.92. The normalized spacial score (nSPS) is 12.2. The first-order valence-corrected chi connectivity index (χ1v) is 8.51. The number of non-ortho nitro benzene ring substituents is 1. The number of amides is 4. The second-order valence-electron chi connectivity index (χ2n) is 6.20. The molecule has 11 heteroatoms. The molecule has 0 fully saturated rings. The van der Waals surface area contributed by atoms with Crippen molar-refractivity contribution in [1.82, 2.24) is 4.90 Å². The van der Waals surface area contributed by atoms with Crippen LogP contribution >= 0.6 is 0 Å². The molecule has 1 aliphatic heterocycles. The van der Waals surface area contributed by atoms with E-state index in [1.165, 1.54) is 18.2 Å². The molecule has 0 unspecified atom stereocenters. The summed E-state index contributed by atoms with van der Waals surface area (Å²) >= 11 is 0. The lowest BCUT2D eigenvalue weighted by Crippen LogP contribution is -2.37. The highest BCUT2D eigenvalue weighted by Gasteiger charge is 2.37. The third-order valence-electron chi connectivity index (χ3n) is 4.14. The molecule has 0 aliphatic carbocycles. The van der Waals surface area contributed by atoms with Crippen LogP contribution in [0.3, 0.4) is 0 Å². The Morgan fingerprint density at radius 2 is 1.63 bits per heavy atom. The largest absolute Gasteiger partial charge is 0.325 e. The Bertz CT molecular complexity index is 1140. The summed E-state index contributed by atoms with van der Waals surface area (Å²) in [7, 11) is 0. The molecule has 0 aromatic heterocycles. The van der Waals surface area contributed by atoms with Gasteiger partial charge in [0.25, 0.3) is 17.5 Å². The Balaban J connectivity index is 1.69. The lowest BCUT2D eigenvalue weighted by Gasteiger charge is -2.14. The second kappa shape index (κ2) is 8.19. The van der Waals surface area contributed by atoms with Gasteiger partial charge < -0.3 is 10.6 Å². The molecule has 30 heavy (non-hydrogen) atoms. The van der Waals surface area contributed by atoms with Gasteiger partial charge in [0, 0.05) is 23.5 Å². The molecule has 0 bridgehead atoms. The van der Waals surface area contributed by atoms with Crippen molar-refractivity contribution in [2.24, 2.45) is 0 Å². The Morgan fingerprint density at radius 1 is 1.00 bits per heavy atom. The molecule has 2 aromatic carbocycles. The van der Waals surface area contributed by atoms with Crippen LogP contribution in [0.2, 0.25) is 0 Å². The van der Waals surface area contributed by atoms with Crippen molar-refractivity contribution < 1.29 is 24.1 Å². The van der Waals surface area contributed by atoms with Crippen LogP contribution in [-0.4, -0.2) is 40.0 Å². The molecule has 0 atom stereocenters. The number of nitrogens with zero attached hydrogens (tertiary/aromatic N) is 3. The minimum Gasteiger partial charge on any atom is -0.325 e. The van der Waals surface area contributed by atoms with Crippen molar-refractivity contribution in [2.45, 2.75) is 6.42 Å². The van der Waals surface area contributed by atoms with E-state index >= 15 is 0 Å². The monoisotopic (exact) mass is 407 g/mol. The van der Waals surface area contributed by atoms with Gasteiger partial charge in [-0.15, -0.1) is 0 Å². The maximum absolute atomic E-state index is 12.4. The molecule has 1 heterocycles. The minimum absolute atomic E-state index is 0.0133. The van der Waals surface area contributed by atoms with Gasteiger partial charge in [0.05, 0.1) is 22.1 Å².